The summed E-state index contributed by atoms with van der Waals surface area (Å²) < 4.78 is 0. The summed E-state index contributed by atoms with van der Waals surface area (Å²) in [6.07, 6.45) is 1.18. The van der Waals surface area contributed by atoms with E-state index in [1.165, 1.54) is 23.2 Å². The quantitative estimate of drug-likeness (QED) is 0.756. The number of thiazole rings is 1. The van der Waals surface area contributed by atoms with Crippen LogP contribution in [0.2, 0.25) is 0 Å². The second kappa shape index (κ2) is 8.27. The summed E-state index contributed by atoms with van der Waals surface area (Å²) in [6.45, 7) is 8.15. The summed E-state index contributed by atoms with van der Waals surface area (Å²) in [6, 6.07) is 8.90. The van der Waals surface area contributed by atoms with E-state index in [4.69, 9.17) is 0 Å². The molecule has 1 N–H and O–H groups in total. The van der Waals surface area contributed by atoms with Crippen molar-refractivity contribution < 1.29 is 0 Å². The van der Waals surface area contributed by atoms with Crippen molar-refractivity contribution in [2.45, 2.75) is 39.9 Å². The highest BCUT2D eigenvalue weighted by Gasteiger charge is 2.04. The van der Waals surface area contributed by atoms with Gasteiger partial charge in [-0.05, 0) is 38.1 Å². The van der Waals surface area contributed by atoms with Crippen LogP contribution in [0.3, 0.4) is 0 Å². The zero-order valence-corrected chi connectivity index (χ0v) is 14.0. The number of nitrogens with one attached hydrogen (secondary N) is 1. The molecule has 21 heavy (non-hydrogen) atoms. The molecule has 0 aliphatic carbocycles. The Morgan fingerprint density at radius 1 is 1.14 bits per heavy atom. The molecule has 0 spiro atoms. The van der Waals surface area contributed by atoms with E-state index in [1.54, 1.807) is 11.3 Å². The largest absolute Gasteiger partial charge is 0.313 e. The highest BCUT2D eigenvalue weighted by Crippen LogP contribution is 2.12. The van der Waals surface area contributed by atoms with Gasteiger partial charge in [-0.1, -0.05) is 31.2 Å². The normalized spacial score (nSPS) is 11.2. The minimum Gasteiger partial charge on any atom is -0.313 e. The zero-order chi connectivity index (χ0) is 15.1. The SMILES string of the molecule is CCCNCc1ccc(CN(C)Cc2csc(C)n2)cc1. The molecule has 0 bridgehead atoms. The second-order valence-electron chi connectivity index (χ2n) is 5.52. The van der Waals surface area contributed by atoms with Crippen LogP contribution < -0.4 is 5.32 Å². The number of hydrogen-bond donors (Lipinski definition) is 1. The van der Waals surface area contributed by atoms with Gasteiger partial charge in [-0.25, -0.2) is 4.98 Å². The molecule has 4 heteroatoms. The highest BCUT2D eigenvalue weighted by atomic mass is 32.1. The molecule has 3 nitrogen and oxygen atoms in total. The van der Waals surface area contributed by atoms with Crippen molar-refractivity contribution in [2.75, 3.05) is 13.6 Å². The Bertz CT molecular complexity index is 533. The summed E-state index contributed by atoms with van der Waals surface area (Å²) in [5.74, 6) is 0. The average Bonchev–Trinajstić information content (AvgIpc) is 2.86. The van der Waals surface area contributed by atoms with Gasteiger partial charge in [-0.3, -0.25) is 4.90 Å². The number of rotatable bonds is 8. The summed E-state index contributed by atoms with van der Waals surface area (Å²) in [5.41, 5.74) is 3.87. The van der Waals surface area contributed by atoms with E-state index in [2.05, 4.69) is 65.7 Å². The van der Waals surface area contributed by atoms with E-state index in [9.17, 15) is 0 Å². The maximum atomic E-state index is 4.52. The Labute approximate surface area is 132 Å². The zero-order valence-electron chi connectivity index (χ0n) is 13.2. The molecule has 1 heterocycles. The predicted molar refractivity (Wildman–Crippen MR) is 90.5 cm³/mol. The van der Waals surface area contributed by atoms with E-state index in [0.29, 0.717) is 0 Å². The van der Waals surface area contributed by atoms with Crippen molar-refractivity contribution in [2.24, 2.45) is 0 Å². The maximum absolute atomic E-state index is 4.52. The predicted octanol–water partition coefficient (Wildman–Crippen LogP) is 3.58. The first-order valence-electron chi connectivity index (χ1n) is 7.55. The fraction of sp³-hybridized carbons (Fsp3) is 0.471. The monoisotopic (exact) mass is 303 g/mol. The molecular weight excluding hydrogens is 278 g/mol. The Balaban J connectivity index is 1.82. The highest BCUT2D eigenvalue weighted by molar-refractivity contribution is 7.09. The first-order chi connectivity index (χ1) is 10.2. The third-order valence-corrected chi connectivity index (χ3v) is 4.15. The molecule has 0 fully saturated rings. The van der Waals surface area contributed by atoms with Crippen molar-refractivity contribution in [1.29, 1.82) is 0 Å². The Kier molecular flexibility index (Phi) is 6.36. The lowest BCUT2D eigenvalue weighted by molar-refractivity contribution is 0.315. The van der Waals surface area contributed by atoms with Crippen LogP contribution in [0.1, 0.15) is 35.2 Å². The summed E-state index contributed by atoms with van der Waals surface area (Å²) in [4.78, 5) is 6.82. The molecule has 114 valence electrons. The summed E-state index contributed by atoms with van der Waals surface area (Å²) in [5, 5.41) is 6.72. The summed E-state index contributed by atoms with van der Waals surface area (Å²) >= 11 is 1.72. The Morgan fingerprint density at radius 3 is 2.48 bits per heavy atom. The van der Waals surface area contributed by atoms with Gasteiger partial charge in [-0.15, -0.1) is 11.3 Å². The minimum absolute atomic E-state index is 0.907. The number of hydrogen-bond acceptors (Lipinski definition) is 4. The number of nitrogens with zero attached hydrogens (tertiary/aromatic N) is 2. The van der Waals surface area contributed by atoms with Gasteiger partial charge < -0.3 is 5.32 Å². The van der Waals surface area contributed by atoms with Gasteiger partial charge in [0.05, 0.1) is 10.7 Å². The van der Waals surface area contributed by atoms with Crippen LogP contribution in [0.15, 0.2) is 29.6 Å². The smallest absolute Gasteiger partial charge is 0.0897 e. The van der Waals surface area contributed by atoms with Crippen molar-refractivity contribution >= 4 is 11.3 Å². The lowest BCUT2D eigenvalue weighted by atomic mass is 10.1. The molecule has 1 aromatic carbocycles. The third kappa shape index (κ3) is 5.58. The second-order valence-corrected chi connectivity index (χ2v) is 6.59. The molecule has 1 aromatic heterocycles. The van der Waals surface area contributed by atoms with Crippen LogP contribution in [0, 0.1) is 6.92 Å². The fourth-order valence-corrected chi connectivity index (χ4v) is 2.90. The molecule has 0 saturated carbocycles. The van der Waals surface area contributed by atoms with Gasteiger partial charge in [0.1, 0.15) is 0 Å². The average molecular weight is 303 g/mol. The first-order valence-corrected chi connectivity index (χ1v) is 8.43. The first kappa shape index (κ1) is 16.1. The molecule has 0 aliphatic heterocycles. The van der Waals surface area contributed by atoms with Crippen molar-refractivity contribution in [1.82, 2.24) is 15.2 Å². The molecule has 2 rings (SSSR count). The molecule has 0 aliphatic rings. The third-order valence-electron chi connectivity index (χ3n) is 3.33. The summed E-state index contributed by atoms with van der Waals surface area (Å²) in [7, 11) is 2.14. The molecule has 0 atom stereocenters. The van der Waals surface area contributed by atoms with Crippen LogP contribution in [0.4, 0.5) is 0 Å². The number of aryl methyl sites for hydroxylation is 1. The molecular formula is C17H25N3S. The van der Waals surface area contributed by atoms with Gasteiger partial charge in [-0.2, -0.15) is 0 Å². The lowest BCUT2D eigenvalue weighted by Gasteiger charge is -2.15. The van der Waals surface area contributed by atoms with Crippen LogP contribution in [0.5, 0.6) is 0 Å². The topological polar surface area (TPSA) is 28.2 Å². The standard InChI is InChI=1S/C17H25N3S/c1-4-9-18-10-15-5-7-16(8-6-15)11-20(3)12-17-13-21-14(2)19-17/h5-8,13,18H,4,9-12H2,1-3H3. The van der Waals surface area contributed by atoms with Crippen LogP contribution >= 0.6 is 11.3 Å². The van der Waals surface area contributed by atoms with Crippen LogP contribution in [-0.2, 0) is 19.6 Å². The molecule has 0 unspecified atom stereocenters. The molecule has 0 amide bonds. The minimum atomic E-state index is 0.907. The van der Waals surface area contributed by atoms with Crippen molar-refractivity contribution in [3.8, 4) is 0 Å². The van der Waals surface area contributed by atoms with E-state index >= 15 is 0 Å². The maximum Gasteiger partial charge on any atom is 0.0897 e. The molecule has 2 aromatic rings. The van der Waals surface area contributed by atoms with Crippen LogP contribution in [0.25, 0.3) is 0 Å². The Hall–Kier alpha value is -1.23. The molecule has 0 radical (unpaired) electrons. The lowest BCUT2D eigenvalue weighted by Crippen LogP contribution is -2.17. The van der Waals surface area contributed by atoms with Gasteiger partial charge in [0, 0.05) is 25.0 Å². The molecule has 0 saturated heterocycles. The van der Waals surface area contributed by atoms with E-state index < -0.39 is 0 Å². The van der Waals surface area contributed by atoms with Crippen LogP contribution in [-0.4, -0.2) is 23.5 Å². The van der Waals surface area contributed by atoms with E-state index in [-0.39, 0.29) is 0 Å². The number of aromatic nitrogens is 1. The fourth-order valence-electron chi connectivity index (χ4n) is 2.30. The van der Waals surface area contributed by atoms with E-state index in [0.717, 1.165) is 31.2 Å². The van der Waals surface area contributed by atoms with Crippen molar-refractivity contribution in [3.63, 3.8) is 0 Å². The van der Waals surface area contributed by atoms with Crippen molar-refractivity contribution in [3.05, 3.63) is 51.5 Å². The van der Waals surface area contributed by atoms with Gasteiger partial charge in [0.25, 0.3) is 0 Å². The number of benzene rings is 1. The Morgan fingerprint density at radius 2 is 1.86 bits per heavy atom. The van der Waals surface area contributed by atoms with E-state index in [1.807, 2.05) is 0 Å². The van der Waals surface area contributed by atoms with Gasteiger partial charge >= 0.3 is 0 Å². The van der Waals surface area contributed by atoms with Gasteiger partial charge in [0.15, 0.2) is 0 Å². The van der Waals surface area contributed by atoms with Gasteiger partial charge in [0.2, 0.25) is 0 Å².